The first-order valence-electron chi connectivity index (χ1n) is 19.6. The number of fused-ring (bicyclic) bond motifs is 9. The molecule has 0 fully saturated rings. The van der Waals surface area contributed by atoms with Crippen molar-refractivity contribution in [2.45, 2.75) is 0 Å². The average Bonchev–Trinajstić information content (AvgIpc) is 3.82. The zero-order chi connectivity index (χ0) is 38.2. The number of hydrogen-bond acceptors (Lipinski definition) is 3. The summed E-state index contributed by atoms with van der Waals surface area (Å²) in [4.78, 5) is 15.6. The molecule has 0 aliphatic carbocycles. The molecule has 270 valence electrons. The van der Waals surface area contributed by atoms with Crippen LogP contribution in [0.25, 0.3) is 111 Å². The summed E-state index contributed by atoms with van der Waals surface area (Å²) in [6, 6.07) is 70.9. The topological polar surface area (TPSA) is 48.5 Å². The van der Waals surface area contributed by atoms with E-state index < -0.39 is 0 Å². The molecule has 12 rings (SSSR count). The van der Waals surface area contributed by atoms with Crippen molar-refractivity contribution in [3.8, 4) is 45.5 Å². The Morgan fingerprint density at radius 1 is 0.328 bits per heavy atom. The van der Waals surface area contributed by atoms with Gasteiger partial charge in [0.05, 0.1) is 27.8 Å². The molecule has 5 nitrogen and oxygen atoms in total. The van der Waals surface area contributed by atoms with Gasteiger partial charge in [0, 0.05) is 43.9 Å². The summed E-state index contributed by atoms with van der Waals surface area (Å²) in [6.07, 6.45) is 0. The van der Waals surface area contributed by atoms with Crippen LogP contribution in [0.4, 0.5) is 0 Å². The lowest BCUT2D eigenvalue weighted by atomic mass is 10.0. The zero-order valence-corrected chi connectivity index (χ0v) is 31.3. The Morgan fingerprint density at radius 2 is 0.931 bits per heavy atom. The Balaban J connectivity index is 1.15. The second-order valence-electron chi connectivity index (χ2n) is 14.8. The molecule has 58 heavy (non-hydrogen) atoms. The molecule has 0 unspecified atom stereocenters. The van der Waals surface area contributed by atoms with E-state index >= 15 is 0 Å². The monoisotopic (exact) mass is 739 g/mol. The third-order valence-corrected chi connectivity index (χ3v) is 11.5. The first-order chi connectivity index (χ1) is 28.8. The molecule has 0 aliphatic rings. The summed E-state index contributed by atoms with van der Waals surface area (Å²) < 4.78 is 4.85. The van der Waals surface area contributed by atoms with E-state index in [1.165, 1.54) is 43.4 Å². The van der Waals surface area contributed by atoms with E-state index in [-0.39, 0.29) is 0 Å². The fourth-order valence-corrected chi connectivity index (χ4v) is 8.96. The van der Waals surface area contributed by atoms with Gasteiger partial charge in [-0.15, -0.1) is 0 Å². The van der Waals surface area contributed by atoms with Crippen molar-refractivity contribution in [3.63, 3.8) is 0 Å². The SMILES string of the molecule is c1ccc(-c2nc(-c3ccccc3-n3c4ccccc4c4c3ccc3c5ccccc5n(-c5ccc6ccccc6c5)c34)nc(-c3cccc4ccccc34)n2)cc1. The molecular formula is C53H33N5. The van der Waals surface area contributed by atoms with E-state index in [2.05, 4.69) is 191 Å². The van der Waals surface area contributed by atoms with Crippen molar-refractivity contribution in [3.05, 3.63) is 200 Å². The lowest BCUT2D eigenvalue weighted by Crippen LogP contribution is -2.03. The van der Waals surface area contributed by atoms with E-state index in [1.807, 2.05) is 18.2 Å². The van der Waals surface area contributed by atoms with Crippen LogP contribution in [0.3, 0.4) is 0 Å². The third kappa shape index (κ3) is 4.93. The van der Waals surface area contributed by atoms with Gasteiger partial charge in [0.1, 0.15) is 0 Å². The predicted octanol–water partition coefficient (Wildman–Crippen LogP) is 13.4. The molecule has 0 bridgehead atoms. The number of para-hydroxylation sites is 3. The maximum atomic E-state index is 5.30. The molecule has 5 heteroatoms. The second kappa shape index (κ2) is 12.8. The van der Waals surface area contributed by atoms with Crippen molar-refractivity contribution < 1.29 is 0 Å². The first kappa shape index (κ1) is 32.4. The molecule has 12 aromatic rings. The van der Waals surface area contributed by atoms with Gasteiger partial charge in [-0.25, -0.2) is 15.0 Å². The van der Waals surface area contributed by atoms with Crippen molar-refractivity contribution in [2.24, 2.45) is 0 Å². The molecule has 0 amide bonds. The summed E-state index contributed by atoms with van der Waals surface area (Å²) in [7, 11) is 0. The summed E-state index contributed by atoms with van der Waals surface area (Å²) >= 11 is 0. The predicted molar refractivity (Wildman–Crippen MR) is 240 cm³/mol. The fraction of sp³-hybridized carbons (Fsp3) is 0. The Hall–Kier alpha value is -7.89. The number of rotatable bonds is 5. The third-order valence-electron chi connectivity index (χ3n) is 11.5. The molecule has 0 aliphatic heterocycles. The van der Waals surface area contributed by atoms with E-state index in [9.17, 15) is 0 Å². The molecular weight excluding hydrogens is 707 g/mol. The van der Waals surface area contributed by atoms with Crippen LogP contribution in [0, 0.1) is 0 Å². The number of aromatic nitrogens is 5. The van der Waals surface area contributed by atoms with Crippen LogP contribution in [0.5, 0.6) is 0 Å². The van der Waals surface area contributed by atoms with Gasteiger partial charge in [0.15, 0.2) is 17.5 Å². The van der Waals surface area contributed by atoms with E-state index in [4.69, 9.17) is 15.0 Å². The van der Waals surface area contributed by atoms with E-state index in [0.717, 1.165) is 49.9 Å². The van der Waals surface area contributed by atoms with Crippen molar-refractivity contribution in [2.75, 3.05) is 0 Å². The molecule has 9 aromatic carbocycles. The Labute approximate surface area is 333 Å². The lowest BCUT2D eigenvalue weighted by molar-refractivity contribution is 1.07. The highest BCUT2D eigenvalue weighted by molar-refractivity contribution is 6.26. The van der Waals surface area contributed by atoms with Crippen LogP contribution in [0.15, 0.2) is 200 Å². The molecule has 0 saturated carbocycles. The van der Waals surface area contributed by atoms with Gasteiger partial charge in [-0.3, -0.25) is 0 Å². The van der Waals surface area contributed by atoms with Gasteiger partial charge >= 0.3 is 0 Å². The summed E-state index contributed by atoms with van der Waals surface area (Å²) in [5, 5.41) is 9.50. The highest BCUT2D eigenvalue weighted by Crippen LogP contribution is 2.43. The van der Waals surface area contributed by atoms with Gasteiger partial charge < -0.3 is 9.13 Å². The van der Waals surface area contributed by atoms with Gasteiger partial charge in [-0.2, -0.15) is 0 Å². The Bertz CT molecular complexity index is 3570. The number of hydrogen-bond donors (Lipinski definition) is 0. The lowest BCUT2D eigenvalue weighted by Gasteiger charge is -2.15. The molecule has 0 atom stereocenters. The van der Waals surface area contributed by atoms with Crippen LogP contribution in [0.1, 0.15) is 0 Å². The van der Waals surface area contributed by atoms with Gasteiger partial charge in [-0.1, -0.05) is 158 Å². The van der Waals surface area contributed by atoms with Gasteiger partial charge in [0.2, 0.25) is 0 Å². The summed E-state index contributed by atoms with van der Waals surface area (Å²) in [5.41, 5.74) is 9.54. The van der Waals surface area contributed by atoms with Crippen LogP contribution in [0.2, 0.25) is 0 Å². The smallest absolute Gasteiger partial charge is 0.166 e. The maximum absolute atomic E-state index is 5.30. The molecule has 0 saturated heterocycles. The number of nitrogens with zero attached hydrogens (tertiary/aromatic N) is 5. The second-order valence-corrected chi connectivity index (χ2v) is 14.8. The fourth-order valence-electron chi connectivity index (χ4n) is 8.96. The van der Waals surface area contributed by atoms with Gasteiger partial charge in [0.25, 0.3) is 0 Å². The maximum Gasteiger partial charge on any atom is 0.166 e. The van der Waals surface area contributed by atoms with Crippen LogP contribution < -0.4 is 0 Å². The van der Waals surface area contributed by atoms with Crippen LogP contribution >= 0.6 is 0 Å². The molecule has 0 spiro atoms. The van der Waals surface area contributed by atoms with Gasteiger partial charge in [-0.05, 0) is 64.0 Å². The minimum atomic E-state index is 0.615. The van der Waals surface area contributed by atoms with E-state index in [1.54, 1.807) is 0 Å². The normalized spacial score (nSPS) is 11.8. The quantitative estimate of drug-likeness (QED) is 0.177. The molecule has 3 heterocycles. The van der Waals surface area contributed by atoms with Crippen molar-refractivity contribution >= 4 is 65.2 Å². The largest absolute Gasteiger partial charge is 0.309 e. The van der Waals surface area contributed by atoms with Crippen LogP contribution in [-0.4, -0.2) is 24.1 Å². The highest BCUT2D eigenvalue weighted by Gasteiger charge is 2.23. The minimum Gasteiger partial charge on any atom is -0.309 e. The van der Waals surface area contributed by atoms with Crippen molar-refractivity contribution in [1.82, 2.24) is 24.1 Å². The standard InChI is InChI=1S/C53H33N5/c1-2-17-36(18-3-1)51-54-52(42-25-14-20-35-16-6-7-21-39(35)42)56-53(55-51)44-24-10-13-28-47(44)58-46-27-12-9-23-43(46)49-48(58)32-31-41-40-22-8-11-26-45(40)57(50(41)49)38-30-29-34-15-4-5-19-37(34)33-38/h1-33H. The molecule has 0 N–H and O–H groups in total. The molecule has 0 radical (unpaired) electrons. The van der Waals surface area contributed by atoms with Crippen LogP contribution in [-0.2, 0) is 0 Å². The summed E-state index contributed by atoms with van der Waals surface area (Å²) in [6.45, 7) is 0. The average molecular weight is 740 g/mol. The zero-order valence-electron chi connectivity index (χ0n) is 31.3. The first-order valence-corrected chi connectivity index (χ1v) is 19.6. The Morgan fingerprint density at radius 3 is 1.78 bits per heavy atom. The van der Waals surface area contributed by atoms with Crippen molar-refractivity contribution in [1.29, 1.82) is 0 Å². The molecule has 3 aromatic heterocycles. The summed E-state index contributed by atoms with van der Waals surface area (Å²) in [5.74, 6) is 1.89. The van der Waals surface area contributed by atoms with E-state index in [0.29, 0.717) is 17.5 Å². The Kier molecular flexibility index (Phi) is 7.16. The highest BCUT2D eigenvalue weighted by atomic mass is 15.1. The number of benzene rings is 9. The minimum absolute atomic E-state index is 0.615.